The second-order valence-electron chi connectivity index (χ2n) is 6.94. The van der Waals surface area contributed by atoms with Crippen molar-refractivity contribution in [3.63, 3.8) is 0 Å². The van der Waals surface area contributed by atoms with Gasteiger partial charge in [-0.15, -0.1) is 0 Å². The van der Waals surface area contributed by atoms with Gasteiger partial charge >= 0.3 is 5.97 Å². The van der Waals surface area contributed by atoms with Crippen molar-refractivity contribution in [1.29, 1.82) is 0 Å². The summed E-state index contributed by atoms with van der Waals surface area (Å²) in [5.41, 5.74) is 1.80. The summed E-state index contributed by atoms with van der Waals surface area (Å²) >= 11 is 6.67. The average Bonchev–Trinajstić information content (AvgIpc) is 3.05. The minimum absolute atomic E-state index is 0.139. The van der Waals surface area contributed by atoms with E-state index in [2.05, 4.69) is 0 Å². The normalized spacial score (nSPS) is 15.7. The van der Waals surface area contributed by atoms with Crippen LogP contribution in [0.15, 0.2) is 47.4 Å². The van der Waals surface area contributed by atoms with Crippen molar-refractivity contribution >= 4 is 46.3 Å². The molecular weight excluding hydrogens is 450 g/mol. The lowest BCUT2D eigenvalue weighted by Crippen LogP contribution is -2.30. The molecule has 0 spiro atoms. The van der Waals surface area contributed by atoms with Gasteiger partial charge in [0.25, 0.3) is 5.91 Å². The fraction of sp³-hybridized carbons (Fsp3) is 0.261. The Hall–Kier alpha value is -3.04. The van der Waals surface area contributed by atoms with E-state index >= 15 is 0 Å². The van der Waals surface area contributed by atoms with Crippen LogP contribution in [0, 0.1) is 0 Å². The van der Waals surface area contributed by atoms with E-state index in [0.29, 0.717) is 39.4 Å². The third kappa shape index (κ3) is 5.60. The summed E-state index contributed by atoms with van der Waals surface area (Å²) in [6.45, 7) is 1.92. The fourth-order valence-electron chi connectivity index (χ4n) is 3.02. The quantitative estimate of drug-likeness (QED) is 0.432. The Morgan fingerprint density at radius 3 is 2.47 bits per heavy atom. The third-order valence-electron chi connectivity index (χ3n) is 4.78. The van der Waals surface area contributed by atoms with Crippen LogP contribution in [0.5, 0.6) is 17.2 Å². The lowest BCUT2D eigenvalue weighted by molar-refractivity contribution is -0.144. The minimum atomic E-state index is -1.04. The highest BCUT2D eigenvalue weighted by Gasteiger charge is 2.31. The maximum Gasteiger partial charge on any atom is 0.344 e. The van der Waals surface area contributed by atoms with Crippen molar-refractivity contribution in [2.24, 2.45) is 0 Å². The Labute approximate surface area is 196 Å². The van der Waals surface area contributed by atoms with E-state index in [4.69, 9.17) is 31.5 Å². The highest BCUT2D eigenvalue weighted by Crippen LogP contribution is 2.33. The SMILES string of the molecule is COc1ccc(CCN2C(=O)/C(=C\c3ccc(OC(C)C(=O)O)cc3)SC2=S)cc1OC. The maximum atomic E-state index is 12.9. The molecule has 1 fully saturated rings. The number of hydrogen-bond acceptors (Lipinski definition) is 7. The van der Waals surface area contributed by atoms with Gasteiger partial charge in [0.05, 0.1) is 19.1 Å². The van der Waals surface area contributed by atoms with Gasteiger partial charge in [0.1, 0.15) is 10.1 Å². The van der Waals surface area contributed by atoms with Crippen LogP contribution < -0.4 is 14.2 Å². The number of benzene rings is 2. The van der Waals surface area contributed by atoms with Gasteiger partial charge in [0.2, 0.25) is 0 Å². The van der Waals surface area contributed by atoms with Crippen LogP contribution >= 0.6 is 24.0 Å². The fourth-order valence-corrected chi connectivity index (χ4v) is 4.33. The molecular formula is C23H23NO6S2. The van der Waals surface area contributed by atoms with Gasteiger partial charge in [0, 0.05) is 6.54 Å². The Bertz CT molecular complexity index is 1050. The van der Waals surface area contributed by atoms with Gasteiger partial charge in [-0.05, 0) is 54.8 Å². The molecule has 1 aliphatic heterocycles. The van der Waals surface area contributed by atoms with Crippen LogP contribution in [0.1, 0.15) is 18.1 Å². The smallest absolute Gasteiger partial charge is 0.344 e. The van der Waals surface area contributed by atoms with E-state index < -0.39 is 12.1 Å². The van der Waals surface area contributed by atoms with Crippen LogP contribution in [-0.2, 0) is 16.0 Å². The molecule has 0 radical (unpaired) electrons. The van der Waals surface area contributed by atoms with Crippen molar-refractivity contribution in [3.05, 3.63) is 58.5 Å². The van der Waals surface area contributed by atoms with Crippen LogP contribution in [-0.4, -0.2) is 53.1 Å². The first-order valence-electron chi connectivity index (χ1n) is 9.78. The van der Waals surface area contributed by atoms with Crippen molar-refractivity contribution < 1.29 is 28.9 Å². The molecule has 1 aliphatic rings. The number of hydrogen-bond donors (Lipinski definition) is 1. The van der Waals surface area contributed by atoms with Crippen molar-refractivity contribution in [3.8, 4) is 17.2 Å². The average molecular weight is 474 g/mol. The number of carbonyl (C=O) groups excluding carboxylic acids is 1. The maximum absolute atomic E-state index is 12.9. The molecule has 1 N–H and O–H groups in total. The molecule has 3 rings (SSSR count). The summed E-state index contributed by atoms with van der Waals surface area (Å²) in [7, 11) is 3.17. The summed E-state index contributed by atoms with van der Waals surface area (Å²) in [6.07, 6.45) is 1.44. The molecule has 1 unspecified atom stereocenters. The number of aliphatic carboxylic acids is 1. The first-order chi connectivity index (χ1) is 15.3. The molecule has 1 atom stereocenters. The van der Waals surface area contributed by atoms with Crippen molar-refractivity contribution in [2.45, 2.75) is 19.4 Å². The van der Waals surface area contributed by atoms with Gasteiger partial charge < -0.3 is 19.3 Å². The number of nitrogens with zero attached hydrogens (tertiary/aromatic N) is 1. The molecule has 2 aromatic carbocycles. The molecule has 9 heteroatoms. The first-order valence-corrected chi connectivity index (χ1v) is 11.0. The van der Waals surface area contributed by atoms with Gasteiger partial charge in [-0.25, -0.2) is 4.79 Å². The molecule has 1 heterocycles. The highest BCUT2D eigenvalue weighted by molar-refractivity contribution is 8.26. The van der Waals surface area contributed by atoms with E-state index in [-0.39, 0.29) is 5.91 Å². The number of carboxylic acid groups (broad SMARTS) is 1. The minimum Gasteiger partial charge on any atom is -0.493 e. The lowest BCUT2D eigenvalue weighted by atomic mass is 10.1. The van der Waals surface area contributed by atoms with Gasteiger partial charge in [-0.1, -0.05) is 42.2 Å². The van der Waals surface area contributed by atoms with E-state index in [1.165, 1.54) is 18.7 Å². The predicted octanol–water partition coefficient (Wildman–Crippen LogP) is 4.00. The van der Waals surface area contributed by atoms with Crippen molar-refractivity contribution in [2.75, 3.05) is 20.8 Å². The second kappa shape index (κ2) is 10.5. The van der Waals surface area contributed by atoms with Crippen LogP contribution in [0.25, 0.3) is 6.08 Å². The summed E-state index contributed by atoms with van der Waals surface area (Å²) in [4.78, 5) is 25.9. The van der Waals surface area contributed by atoms with Gasteiger partial charge in [-0.3, -0.25) is 9.69 Å². The molecule has 0 bridgehead atoms. The second-order valence-corrected chi connectivity index (χ2v) is 8.62. The molecule has 0 aliphatic carbocycles. The molecule has 1 amide bonds. The highest BCUT2D eigenvalue weighted by atomic mass is 32.2. The number of carboxylic acids is 1. The van der Waals surface area contributed by atoms with E-state index in [1.807, 2.05) is 18.2 Å². The molecule has 0 aromatic heterocycles. The Kier molecular flexibility index (Phi) is 7.76. The van der Waals surface area contributed by atoms with E-state index in [9.17, 15) is 9.59 Å². The Morgan fingerprint density at radius 2 is 1.84 bits per heavy atom. The van der Waals surface area contributed by atoms with Gasteiger partial charge in [0.15, 0.2) is 17.6 Å². The number of ether oxygens (including phenoxy) is 3. The van der Waals surface area contributed by atoms with Gasteiger partial charge in [-0.2, -0.15) is 0 Å². The zero-order valence-corrected chi connectivity index (χ0v) is 19.5. The Balaban J connectivity index is 1.65. The van der Waals surface area contributed by atoms with E-state index in [0.717, 1.165) is 11.1 Å². The summed E-state index contributed by atoms with van der Waals surface area (Å²) in [5, 5.41) is 8.93. The summed E-state index contributed by atoms with van der Waals surface area (Å²) in [5.74, 6) is 0.560. The standard InChI is InChI=1S/C23H23NO6S2/c1-14(22(26)27)30-17-7-4-15(5-8-17)13-20-21(25)24(23(31)32-20)11-10-16-6-9-18(28-2)19(12-16)29-3/h4-9,12-14H,10-11H2,1-3H3,(H,26,27)/b20-13+. The first kappa shape index (κ1) is 23.6. The van der Waals surface area contributed by atoms with Crippen LogP contribution in [0.2, 0.25) is 0 Å². The summed E-state index contributed by atoms with van der Waals surface area (Å²) in [6, 6.07) is 12.5. The predicted molar refractivity (Wildman–Crippen MR) is 127 cm³/mol. The van der Waals surface area contributed by atoms with Crippen LogP contribution in [0.4, 0.5) is 0 Å². The van der Waals surface area contributed by atoms with E-state index in [1.54, 1.807) is 49.5 Å². The topological polar surface area (TPSA) is 85.3 Å². The number of carbonyl (C=O) groups is 2. The molecule has 168 valence electrons. The third-order valence-corrected chi connectivity index (χ3v) is 6.16. The number of methoxy groups -OCH3 is 2. The lowest BCUT2D eigenvalue weighted by Gasteiger charge is -2.15. The largest absolute Gasteiger partial charge is 0.493 e. The molecule has 2 aromatic rings. The molecule has 1 saturated heterocycles. The number of thioether (sulfide) groups is 1. The molecule has 7 nitrogen and oxygen atoms in total. The summed E-state index contributed by atoms with van der Waals surface area (Å²) < 4.78 is 16.4. The van der Waals surface area contributed by atoms with Crippen molar-refractivity contribution in [1.82, 2.24) is 4.90 Å². The number of rotatable bonds is 9. The molecule has 32 heavy (non-hydrogen) atoms. The number of amides is 1. The van der Waals surface area contributed by atoms with Crippen LogP contribution in [0.3, 0.4) is 0 Å². The Morgan fingerprint density at radius 1 is 1.16 bits per heavy atom. The zero-order valence-electron chi connectivity index (χ0n) is 17.9. The molecule has 0 saturated carbocycles. The number of thiocarbonyl (C=S) groups is 1. The zero-order chi connectivity index (χ0) is 23.3. The monoisotopic (exact) mass is 473 g/mol.